The molecule has 0 saturated carbocycles. The minimum Gasteiger partial charge on any atom is -0.464 e. The molecule has 19 heavy (non-hydrogen) atoms. The van der Waals surface area contributed by atoms with Gasteiger partial charge < -0.3 is 4.74 Å². The molecule has 0 aliphatic carbocycles. The zero-order valence-electron chi connectivity index (χ0n) is 10.4. The Labute approximate surface area is 119 Å². The zero-order valence-corrected chi connectivity index (χ0v) is 11.9. The molecule has 0 radical (unpaired) electrons. The number of ketones is 1. The fourth-order valence-corrected chi connectivity index (χ4v) is 1.77. The molecule has 0 aliphatic rings. The maximum atomic E-state index is 11.9. The van der Waals surface area contributed by atoms with Crippen molar-refractivity contribution >= 4 is 27.7 Å². The first-order valence-corrected chi connectivity index (χ1v) is 6.46. The van der Waals surface area contributed by atoms with Gasteiger partial charge in [0.15, 0.2) is 11.8 Å². The van der Waals surface area contributed by atoms with Crippen LogP contribution < -0.4 is 5.32 Å². The SMILES string of the molecule is CCOC(=O)C(C#N)NCC(=O)c1cccc(Br)c1. The number of nitrogens with zero attached hydrogens (tertiary/aromatic N) is 1. The van der Waals surface area contributed by atoms with Crippen molar-refractivity contribution in [2.24, 2.45) is 0 Å². The van der Waals surface area contributed by atoms with E-state index in [1.807, 2.05) is 0 Å². The molecule has 0 heterocycles. The molecule has 5 nitrogen and oxygen atoms in total. The fraction of sp³-hybridized carbons (Fsp3) is 0.308. The molecular weight excluding hydrogens is 312 g/mol. The Morgan fingerprint density at radius 3 is 2.84 bits per heavy atom. The number of ether oxygens (including phenoxy) is 1. The van der Waals surface area contributed by atoms with Gasteiger partial charge in [-0.1, -0.05) is 28.1 Å². The van der Waals surface area contributed by atoms with Crippen molar-refractivity contribution in [2.45, 2.75) is 13.0 Å². The third kappa shape index (κ3) is 4.81. The minimum atomic E-state index is -1.13. The number of hydrogen-bond acceptors (Lipinski definition) is 5. The van der Waals surface area contributed by atoms with Gasteiger partial charge in [-0.3, -0.25) is 10.1 Å². The van der Waals surface area contributed by atoms with E-state index in [-0.39, 0.29) is 18.9 Å². The third-order valence-corrected chi connectivity index (χ3v) is 2.76. The molecular formula is C13H13BrN2O3. The molecule has 0 bridgehead atoms. The fourth-order valence-electron chi connectivity index (χ4n) is 1.37. The van der Waals surface area contributed by atoms with E-state index in [0.29, 0.717) is 5.56 Å². The number of hydrogen-bond donors (Lipinski definition) is 1. The summed E-state index contributed by atoms with van der Waals surface area (Å²) in [4.78, 5) is 23.2. The normalized spacial score (nSPS) is 11.4. The number of carbonyl (C=O) groups is 2. The van der Waals surface area contributed by atoms with E-state index < -0.39 is 12.0 Å². The zero-order chi connectivity index (χ0) is 14.3. The Morgan fingerprint density at radius 1 is 1.53 bits per heavy atom. The first-order valence-electron chi connectivity index (χ1n) is 5.67. The summed E-state index contributed by atoms with van der Waals surface area (Å²) in [5.41, 5.74) is 0.502. The summed E-state index contributed by atoms with van der Waals surface area (Å²) in [5, 5.41) is 11.4. The van der Waals surface area contributed by atoms with Crippen LogP contribution in [0.25, 0.3) is 0 Å². The molecule has 1 unspecified atom stereocenters. The number of nitriles is 1. The Hall–Kier alpha value is -1.71. The predicted octanol–water partition coefficient (Wildman–Crippen LogP) is 1.68. The summed E-state index contributed by atoms with van der Waals surface area (Å²) in [6.07, 6.45) is 0. The van der Waals surface area contributed by atoms with Gasteiger partial charge >= 0.3 is 5.97 Å². The number of benzene rings is 1. The lowest BCUT2D eigenvalue weighted by Crippen LogP contribution is -2.39. The van der Waals surface area contributed by atoms with E-state index >= 15 is 0 Å². The highest BCUT2D eigenvalue weighted by molar-refractivity contribution is 9.10. The Morgan fingerprint density at radius 2 is 2.26 bits per heavy atom. The van der Waals surface area contributed by atoms with Crippen molar-refractivity contribution < 1.29 is 14.3 Å². The molecule has 0 fully saturated rings. The number of nitrogens with one attached hydrogen (secondary N) is 1. The van der Waals surface area contributed by atoms with Crippen molar-refractivity contribution in [3.05, 3.63) is 34.3 Å². The van der Waals surface area contributed by atoms with Gasteiger partial charge in [0, 0.05) is 10.0 Å². The van der Waals surface area contributed by atoms with Crippen molar-refractivity contribution in [1.29, 1.82) is 5.26 Å². The average molecular weight is 325 g/mol. The first-order chi connectivity index (χ1) is 9.08. The van der Waals surface area contributed by atoms with E-state index in [1.165, 1.54) is 0 Å². The number of rotatable bonds is 6. The van der Waals surface area contributed by atoms with Gasteiger partial charge in [-0.05, 0) is 19.1 Å². The van der Waals surface area contributed by atoms with Crippen LogP contribution in [0.15, 0.2) is 28.7 Å². The number of Topliss-reactive ketones (excluding diaryl/α,β-unsaturated/α-hetero) is 1. The van der Waals surface area contributed by atoms with Crippen LogP contribution in [0.4, 0.5) is 0 Å². The highest BCUT2D eigenvalue weighted by atomic mass is 79.9. The number of carbonyl (C=O) groups excluding carboxylic acids is 2. The number of halogens is 1. The monoisotopic (exact) mass is 324 g/mol. The maximum absolute atomic E-state index is 11.9. The molecule has 0 aliphatic heterocycles. The van der Waals surface area contributed by atoms with Crippen LogP contribution in [0.1, 0.15) is 17.3 Å². The Bertz CT molecular complexity index is 511. The first kappa shape index (κ1) is 15.3. The molecule has 1 atom stereocenters. The molecule has 0 aromatic heterocycles. The lowest BCUT2D eigenvalue weighted by atomic mass is 10.1. The highest BCUT2D eigenvalue weighted by Gasteiger charge is 2.19. The van der Waals surface area contributed by atoms with Crippen LogP contribution >= 0.6 is 15.9 Å². The van der Waals surface area contributed by atoms with Gasteiger partial charge in [-0.2, -0.15) is 5.26 Å². The van der Waals surface area contributed by atoms with Crippen LogP contribution in [0.3, 0.4) is 0 Å². The van der Waals surface area contributed by atoms with Gasteiger partial charge in [0.1, 0.15) is 0 Å². The molecule has 0 saturated heterocycles. The molecule has 0 spiro atoms. The third-order valence-electron chi connectivity index (χ3n) is 2.26. The van der Waals surface area contributed by atoms with Gasteiger partial charge in [-0.25, -0.2) is 4.79 Å². The van der Waals surface area contributed by atoms with Crippen molar-refractivity contribution in [3.8, 4) is 6.07 Å². The molecule has 1 aromatic carbocycles. The lowest BCUT2D eigenvalue weighted by molar-refractivity contribution is -0.143. The second kappa shape index (κ2) is 7.67. The van der Waals surface area contributed by atoms with Crippen molar-refractivity contribution in [3.63, 3.8) is 0 Å². The molecule has 6 heteroatoms. The standard InChI is InChI=1S/C13H13BrN2O3/c1-2-19-13(18)11(7-15)16-8-12(17)9-4-3-5-10(14)6-9/h3-6,11,16H,2,8H2,1H3. The van der Waals surface area contributed by atoms with Crippen LogP contribution in [0.2, 0.25) is 0 Å². The summed E-state index contributed by atoms with van der Waals surface area (Å²) in [6.45, 7) is 1.74. The van der Waals surface area contributed by atoms with E-state index in [0.717, 1.165) is 4.47 Å². The van der Waals surface area contributed by atoms with Crippen LogP contribution in [-0.4, -0.2) is 30.9 Å². The molecule has 1 rings (SSSR count). The predicted molar refractivity (Wildman–Crippen MR) is 72.5 cm³/mol. The van der Waals surface area contributed by atoms with Gasteiger partial charge in [0.05, 0.1) is 19.2 Å². The summed E-state index contributed by atoms with van der Waals surface area (Å²) >= 11 is 3.27. The average Bonchev–Trinajstić information content (AvgIpc) is 2.39. The molecule has 0 amide bonds. The molecule has 100 valence electrons. The smallest absolute Gasteiger partial charge is 0.337 e. The van der Waals surface area contributed by atoms with E-state index in [2.05, 4.69) is 21.2 Å². The van der Waals surface area contributed by atoms with E-state index in [4.69, 9.17) is 10.00 Å². The van der Waals surface area contributed by atoms with E-state index in [1.54, 1.807) is 37.3 Å². The van der Waals surface area contributed by atoms with Gasteiger partial charge in [-0.15, -0.1) is 0 Å². The van der Waals surface area contributed by atoms with Crippen LogP contribution in [0.5, 0.6) is 0 Å². The van der Waals surface area contributed by atoms with Crippen molar-refractivity contribution in [2.75, 3.05) is 13.2 Å². The minimum absolute atomic E-state index is 0.104. The number of esters is 1. The van der Waals surface area contributed by atoms with Crippen molar-refractivity contribution in [1.82, 2.24) is 5.32 Å². The summed E-state index contributed by atoms with van der Waals surface area (Å²) in [7, 11) is 0. The summed E-state index contributed by atoms with van der Waals surface area (Å²) in [5.74, 6) is -0.877. The molecule has 1 N–H and O–H groups in total. The Balaban J connectivity index is 2.58. The largest absolute Gasteiger partial charge is 0.464 e. The summed E-state index contributed by atoms with van der Waals surface area (Å²) < 4.78 is 5.50. The van der Waals surface area contributed by atoms with E-state index in [9.17, 15) is 9.59 Å². The van der Waals surface area contributed by atoms with Gasteiger partial charge in [0.25, 0.3) is 0 Å². The Kier molecular flexibility index (Phi) is 6.19. The second-order valence-corrected chi connectivity index (χ2v) is 4.54. The summed E-state index contributed by atoms with van der Waals surface area (Å²) in [6, 6.07) is 7.52. The topological polar surface area (TPSA) is 79.2 Å². The molecule has 1 aromatic rings. The van der Waals surface area contributed by atoms with Crippen LogP contribution in [-0.2, 0) is 9.53 Å². The second-order valence-electron chi connectivity index (χ2n) is 3.63. The quantitative estimate of drug-likeness (QED) is 0.636. The van der Waals surface area contributed by atoms with Crippen LogP contribution in [0, 0.1) is 11.3 Å². The van der Waals surface area contributed by atoms with Gasteiger partial charge in [0.2, 0.25) is 0 Å². The maximum Gasteiger partial charge on any atom is 0.337 e. The highest BCUT2D eigenvalue weighted by Crippen LogP contribution is 2.11. The lowest BCUT2D eigenvalue weighted by Gasteiger charge is -2.09.